The zero-order valence-electron chi connectivity index (χ0n) is 20.6. The summed E-state index contributed by atoms with van der Waals surface area (Å²) >= 11 is 0. The van der Waals surface area contributed by atoms with Gasteiger partial charge in [0.1, 0.15) is 12.3 Å². The lowest BCUT2D eigenvalue weighted by Crippen LogP contribution is -2.35. The van der Waals surface area contributed by atoms with Crippen molar-refractivity contribution in [2.45, 2.75) is 46.0 Å². The van der Waals surface area contributed by atoms with E-state index in [4.69, 9.17) is 15.7 Å². The molecule has 3 aromatic rings. The second kappa shape index (κ2) is 12.4. The highest BCUT2D eigenvalue weighted by Gasteiger charge is 2.25. The smallest absolute Gasteiger partial charge is 0.232 e. The minimum atomic E-state index is -0.676. The SMILES string of the molecule is C#CCOC[C@H](O)CN(Cc1cccc(C)c1)Cc1c(-c2ccccc2)noc1N(C)C(C)C. The zero-order chi connectivity index (χ0) is 24.5. The van der Waals surface area contributed by atoms with Crippen LogP contribution in [-0.4, -0.2) is 54.1 Å². The molecular formula is C28H35N3O3. The van der Waals surface area contributed by atoms with Crippen molar-refractivity contribution in [3.05, 3.63) is 71.3 Å². The van der Waals surface area contributed by atoms with E-state index in [2.05, 4.69) is 65.9 Å². The number of benzene rings is 2. The monoisotopic (exact) mass is 461 g/mol. The minimum Gasteiger partial charge on any atom is -0.389 e. The van der Waals surface area contributed by atoms with E-state index < -0.39 is 6.10 Å². The Morgan fingerprint density at radius 3 is 2.56 bits per heavy atom. The van der Waals surface area contributed by atoms with Crippen molar-refractivity contribution in [3.8, 4) is 23.6 Å². The highest BCUT2D eigenvalue weighted by atomic mass is 16.5. The van der Waals surface area contributed by atoms with Gasteiger partial charge in [-0.1, -0.05) is 71.2 Å². The molecule has 1 N–H and O–H groups in total. The summed E-state index contributed by atoms with van der Waals surface area (Å²) in [6, 6.07) is 18.7. The van der Waals surface area contributed by atoms with Crippen molar-refractivity contribution in [2.24, 2.45) is 0 Å². The van der Waals surface area contributed by atoms with Crippen molar-refractivity contribution in [1.29, 1.82) is 0 Å². The fourth-order valence-corrected chi connectivity index (χ4v) is 3.86. The standard InChI is InChI=1S/C28H35N3O3/c1-6-15-33-20-25(32)18-31(17-23-12-10-11-22(4)16-23)19-26-27(24-13-8-7-9-14-24)29-34-28(26)30(5)21(2)3/h1,7-14,16,21,25,32H,15,17-20H2,2-5H3/t25-/m1/s1. The number of anilines is 1. The first-order valence-electron chi connectivity index (χ1n) is 11.6. The number of aliphatic hydroxyl groups excluding tert-OH is 1. The van der Waals surface area contributed by atoms with Crippen molar-refractivity contribution in [3.63, 3.8) is 0 Å². The highest BCUT2D eigenvalue weighted by molar-refractivity contribution is 5.68. The Morgan fingerprint density at radius 1 is 1.12 bits per heavy atom. The quantitative estimate of drug-likeness (QED) is 0.316. The summed E-state index contributed by atoms with van der Waals surface area (Å²) in [5.74, 6) is 3.18. The van der Waals surface area contributed by atoms with Crippen LogP contribution in [0.5, 0.6) is 0 Å². The third-order valence-corrected chi connectivity index (χ3v) is 5.74. The van der Waals surface area contributed by atoms with E-state index in [-0.39, 0.29) is 19.3 Å². The van der Waals surface area contributed by atoms with Gasteiger partial charge in [0.15, 0.2) is 0 Å². The van der Waals surface area contributed by atoms with Crippen LogP contribution in [0, 0.1) is 19.3 Å². The predicted octanol–water partition coefficient (Wildman–Crippen LogP) is 4.51. The van der Waals surface area contributed by atoms with E-state index in [1.807, 2.05) is 37.4 Å². The first-order valence-corrected chi connectivity index (χ1v) is 11.6. The zero-order valence-corrected chi connectivity index (χ0v) is 20.6. The summed E-state index contributed by atoms with van der Waals surface area (Å²) in [6.07, 6.45) is 4.60. The van der Waals surface area contributed by atoms with E-state index >= 15 is 0 Å². The molecule has 2 aromatic carbocycles. The van der Waals surface area contributed by atoms with Crippen molar-refractivity contribution >= 4 is 5.88 Å². The Morgan fingerprint density at radius 2 is 1.88 bits per heavy atom. The largest absolute Gasteiger partial charge is 0.389 e. The van der Waals surface area contributed by atoms with Gasteiger partial charge in [0, 0.05) is 38.3 Å². The van der Waals surface area contributed by atoms with Crippen molar-refractivity contribution in [1.82, 2.24) is 10.1 Å². The Bertz CT molecular complexity index is 1070. The summed E-state index contributed by atoms with van der Waals surface area (Å²) in [4.78, 5) is 4.29. The molecule has 3 rings (SSSR count). The van der Waals surface area contributed by atoms with Crippen LogP contribution in [0.3, 0.4) is 0 Å². The van der Waals surface area contributed by atoms with Gasteiger partial charge in [-0.2, -0.15) is 0 Å². The number of aliphatic hydroxyl groups is 1. The Balaban J connectivity index is 1.94. The summed E-state index contributed by atoms with van der Waals surface area (Å²) in [6.45, 7) is 8.32. The molecule has 0 radical (unpaired) electrons. The molecule has 180 valence electrons. The van der Waals surface area contributed by atoms with Gasteiger partial charge >= 0.3 is 0 Å². The van der Waals surface area contributed by atoms with Gasteiger partial charge < -0.3 is 19.3 Å². The van der Waals surface area contributed by atoms with Crippen LogP contribution in [-0.2, 0) is 17.8 Å². The molecular weight excluding hydrogens is 426 g/mol. The van der Waals surface area contributed by atoms with Crippen LogP contribution in [0.2, 0.25) is 0 Å². The molecule has 1 heterocycles. The Labute approximate surface area is 203 Å². The lowest BCUT2D eigenvalue weighted by Gasteiger charge is -2.27. The molecule has 0 spiro atoms. The Kier molecular flexibility index (Phi) is 9.29. The molecule has 0 bridgehead atoms. The molecule has 6 nitrogen and oxygen atoms in total. The molecule has 1 atom stereocenters. The second-order valence-electron chi connectivity index (χ2n) is 8.92. The molecule has 0 amide bonds. The van der Waals surface area contributed by atoms with Crippen LogP contribution < -0.4 is 4.90 Å². The third kappa shape index (κ3) is 6.94. The maximum absolute atomic E-state index is 10.7. The minimum absolute atomic E-state index is 0.183. The number of hydrogen-bond acceptors (Lipinski definition) is 6. The van der Waals surface area contributed by atoms with E-state index in [0.717, 1.165) is 22.7 Å². The van der Waals surface area contributed by atoms with Gasteiger partial charge in [-0.15, -0.1) is 6.42 Å². The lowest BCUT2D eigenvalue weighted by molar-refractivity contribution is 0.0243. The predicted molar refractivity (Wildman–Crippen MR) is 136 cm³/mol. The fraction of sp³-hybridized carbons (Fsp3) is 0.393. The normalized spacial score (nSPS) is 12.2. The molecule has 1 aromatic heterocycles. The maximum atomic E-state index is 10.7. The van der Waals surface area contributed by atoms with Gasteiger partial charge in [-0.25, -0.2) is 0 Å². The highest BCUT2D eigenvalue weighted by Crippen LogP contribution is 2.33. The lowest BCUT2D eigenvalue weighted by atomic mass is 10.1. The maximum Gasteiger partial charge on any atom is 0.232 e. The number of aryl methyl sites for hydroxylation is 1. The van der Waals surface area contributed by atoms with Crippen LogP contribution in [0.4, 0.5) is 5.88 Å². The average Bonchev–Trinajstić information content (AvgIpc) is 3.22. The molecule has 6 heteroatoms. The topological polar surface area (TPSA) is 62.0 Å². The van der Waals surface area contributed by atoms with Gasteiger partial charge in [-0.3, -0.25) is 4.90 Å². The molecule has 34 heavy (non-hydrogen) atoms. The van der Waals surface area contributed by atoms with E-state index in [1.54, 1.807) is 0 Å². The van der Waals surface area contributed by atoms with Crippen molar-refractivity contribution < 1.29 is 14.4 Å². The van der Waals surface area contributed by atoms with Gasteiger partial charge in [0.25, 0.3) is 0 Å². The van der Waals surface area contributed by atoms with Crippen LogP contribution in [0.25, 0.3) is 11.3 Å². The van der Waals surface area contributed by atoms with Crippen LogP contribution in [0.1, 0.15) is 30.5 Å². The summed E-state index contributed by atoms with van der Waals surface area (Å²) < 4.78 is 11.3. The van der Waals surface area contributed by atoms with Crippen LogP contribution in [0.15, 0.2) is 59.1 Å². The first kappa shape index (κ1) is 25.5. The number of hydrogen-bond donors (Lipinski definition) is 1. The fourth-order valence-electron chi connectivity index (χ4n) is 3.86. The second-order valence-corrected chi connectivity index (χ2v) is 8.92. The molecule has 0 aliphatic heterocycles. The molecule has 0 fully saturated rings. The number of ether oxygens (including phenoxy) is 1. The molecule has 0 aliphatic carbocycles. The molecule has 0 saturated heterocycles. The first-order chi connectivity index (χ1) is 16.4. The van der Waals surface area contributed by atoms with Gasteiger partial charge in [-0.05, 0) is 26.3 Å². The van der Waals surface area contributed by atoms with Gasteiger partial charge in [0.05, 0.1) is 18.3 Å². The Hall–Kier alpha value is -3.11. The molecule has 0 saturated carbocycles. The number of terminal acetylenes is 1. The summed E-state index contributed by atoms with van der Waals surface area (Å²) in [7, 11) is 2.01. The summed E-state index contributed by atoms with van der Waals surface area (Å²) in [5, 5.41) is 15.1. The number of nitrogens with zero attached hydrogens (tertiary/aromatic N) is 3. The van der Waals surface area contributed by atoms with Crippen LogP contribution >= 0.6 is 0 Å². The van der Waals surface area contributed by atoms with Crippen molar-refractivity contribution in [2.75, 3.05) is 31.7 Å². The van der Waals surface area contributed by atoms with E-state index in [9.17, 15) is 5.11 Å². The summed E-state index contributed by atoms with van der Waals surface area (Å²) in [5.41, 5.74) is 5.18. The average molecular weight is 462 g/mol. The van der Waals surface area contributed by atoms with E-state index in [1.165, 1.54) is 11.1 Å². The number of rotatable bonds is 12. The molecule has 0 unspecified atom stereocenters. The van der Waals surface area contributed by atoms with Gasteiger partial charge in [0.2, 0.25) is 5.88 Å². The third-order valence-electron chi connectivity index (χ3n) is 5.74. The van der Waals surface area contributed by atoms with E-state index in [0.29, 0.717) is 19.6 Å². The number of aromatic nitrogens is 1. The molecule has 0 aliphatic rings.